The van der Waals surface area contributed by atoms with Gasteiger partial charge in [0.05, 0.1) is 0 Å². The summed E-state index contributed by atoms with van der Waals surface area (Å²) in [5, 5.41) is 8.89. The van der Waals surface area contributed by atoms with Crippen LogP contribution in [0.3, 0.4) is 0 Å². The van der Waals surface area contributed by atoms with Gasteiger partial charge in [-0.15, -0.1) is 0 Å². The van der Waals surface area contributed by atoms with E-state index < -0.39 is 0 Å². The molecule has 1 rings (SSSR count). The van der Waals surface area contributed by atoms with Gasteiger partial charge in [-0.05, 0) is 31.1 Å². The van der Waals surface area contributed by atoms with Gasteiger partial charge < -0.3 is 5.11 Å². The Balaban J connectivity index is 2.25. The zero-order valence-electron chi connectivity index (χ0n) is 6.71. The predicted octanol–water partition coefficient (Wildman–Crippen LogP) is 2.01. The van der Waals surface area contributed by atoms with Crippen LogP contribution in [0.4, 0.5) is 0 Å². The molecule has 0 aliphatic heterocycles. The number of aliphatic hydroxyl groups excluding tert-OH is 1. The first-order valence-electron chi connectivity index (χ1n) is 4.27. The Bertz CT molecular complexity index is 80.7. The van der Waals surface area contributed by atoms with Crippen LogP contribution >= 0.6 is 0 Å². The highest BCUT2D eigenvalue weighted by atomic mass is 16.3. The van der Waals surface area contributed by atoms with Gasteiger partial charge in [-0.1, -0.05) is 19.8 Å². The second kappa shape index (κ2) is 3.97. The van der Waals surface area contributed by atoms with Crippen LogP contribution in [0, 0.1) is 18.3 Å². The van der Waals surface area contributed by atoms with Crippen LogP contribution < -0.4 is 0 Å². The Morgan fingerprint density at radius 2 is 2.30 bits per heavy atom. The summed E-state index contributed by atoms with van der Waals surface area (Å²) in [6.45, 7) is 2.52. The number of hydrogen-bond acceptors (Lipinski definition) is 1. The predicted molar refractivity (Wildman–Crippen MR) is 42.5 cm³/mol. The lowest BCUT2D eigenvalue weighted by Crippen LogP contribution is -2.17. The van der Waals surface area contributed by atoms with Crippen LogP contribution in [0.2, 0.25) is 0 Å². The number of rotatable bonds is 2. The van der Waals surface area contributed by atoms with Gasteiger partial charge in [-0.25, -0.2) is 0 Å². The summed E-state index contributed by atoms with van der Waals surface area (Å²) in [5.74, 6) is 1.38. The largest absolute Gasteiger partial charge is 0.396 e. The van der Waals surface area contributed by atoms with E-state index in [0.29, 0.717) is 12.5 Å². The second-order valence-corrected chi connectivity index (χ2v) is 3.31. The van der Waals surface area contributed by atoms with Crippen molar-refractivity contribution in [3.8, 4) is 0 Å². The van der Waals surface area contributed by atoms with E-state index in [2.05, 4.69) is 13.3 Å². The highest BCUT2D eigenvalue weighted by molar-refractivity contribution is 4.79. The fourth-order valence-corrected chi connectivity index (χ4v) is 1.80. The molecule has 1 aliphatic rings. The molecule has 10 heavy (non-hydrogen) atoms. The van der Waals surface area contributed by atoms with Gasteiger partial charge in [-0.2, -0.15) is 0 Å². The van der Waals surface area contributed by atoms with Crippen molar-refractivity contribution in [2.75, 3.05) is 6.61 Å². The Kier molecular flexibility index (Phi) is 3.20. The molecule has 59 valence electrons. The van der Waals surface area contributed by atoms with Gasteiger partial charge in [0, 0.05) is 6.61 Å². The fourth-order valence-electron chi connectivity index (χ4n) is 1.80. The van der Waals surface area contributed by atoms with E-state index in [9.17, 15) is 0 Å². The number of aliphatic hydroxyl groups is 1. The van der Waals surface area contributed by atoms with E-state index in [0.717, 1.165) is 5.92 Å². The molecule has 0 aromatic rings. The van der Waals surface area contributed by atoms with Crippen LogP contribution in [-0.2, 0) is 0 Å². The third kappa shape index (κ3) is 1.98. The fraction of sp³-hybridized carbons (Fsp3) is 0.889. The molecule has 0 heterocycles. The maximum atomic E-state index is 8.89. The van der Waals surface area contributed by atoms with E-state index in [4.69, 9.17) is 5.11 Å². The van der Waals surface area contributed by atoms with E-state index in [1.807, 2.05) is 0 Å². The lowest BCUT2D eigenvalue weighted by molar-refractivity contribution is 0.170. The van der Waals surface area contributed by atoms with Crippen molar-refractivity contribution in [2.45, 2.75) is 32.6 Å². The molecule has 2 atom stereocenters. The van der Waals surface area contributed by atoms with Crippen LogP contribution in [0.15, 0.2) is 0 Å². The lowest BCUT2D eigenvalue weighted by atomic mass is 9.81. The molecule has 1 radical (unpaired) electrons. The summed E-state index contributed by atoms with van der Waals surface area (Å²) >= 11 is 0. The minimum atomic E-state index is 0.393. The molecule has 0 saturated heterocycles. The van der Waals surface area contributed by atoms with Gasteiger partial charge in [-0.3, -0.25) is 0 Å². The zero-order chi connectivity index (χ0) is 7.40. The second-order valence-electron chi connectivity index (χ2n) is 3.31. The molecule has 2 unspecified atom stereocenters. The third-order valence-corrected chi connectivity index (χ3v) is 2.55. The number of hydrogen-bond donors (Lipinski definition) is 1. The van der Waals surface area contributed by atoms with Crippen LogP contribution in [0.1, 0.15) is 32.6 Å². The van der Waals surface area contributed by atoms with Crippen molar-refractivity contribution >= 4 is 0 Å². The van der Waals surface area contributed by atoms with Crippen LogP contribution in [-0.4, -0.2) is 11.7 Å². The molecular weight excluding hydrogens is 124 g/mol. The van der Waals surface area contributed by atoms with Gasteiger partial charge in [0.2, 0.25) is 0 Å². The topological polar surface area (TPSA) is 20.2 Å². The Labute approximate surface area is 63.4 Å². The zero-order valence-corrected chi connectivity index (χ0v) is 6.71. The first kappa shape index (κ1) is 8.06. The average molecular weight is 141 g/mol. The quantitative estimate of drug-likeness (QED) is 0.623. The summed E-state index contributed by atoms with van der Waals surface area (Å²) < 4.78 is 0. The van der Waals surface area contributed by atoms with Crippen molar-refractivity contribution in [3.05, 3.63) is 6.42 Å². The summed E-state index contributed by atoms with van der Waals surface area (Å²) in [7, 11) is 0. The SMILES string of the molecule is C[CH]C1CCCC(CO)C1. The Morgan fingerprint density at radius 1 is 1.50 bits per heavy atom. The van der Waals surface area contributed by atoms with Crippen molar-refractivity contribution in [1.82, 2.24) is 0 Å². The standard InChI is InChI=1S/C9H17O/c1-2-8-4-3-5-9(6-8)7-10/h2,8-10H,3-7H2,1H3. The molecule has 0 aromatic heterocycles. The molecule has 1 saturated carbocycles. The highest BCUT2D eigenvalue weighted by Gasteiger charge is 2.19. The van der Waals surface area contributed by atoms with Gasteiger partial charge in [0.1, 0.15) is 0 Å². The molecule has 0 aromatic carbocycles. The van der Waals surface area contributed by atoms with Crippen molar-refractivity contribution in [3.63, 3.8) is 0 Å². The minimum absolute atomic E-state index is 0.393. The smallest absolute Gasteiger partial charge is 0.0459 e. The third-order valence-electron chi connectivity index (χ3n) is 2.55. The molecule has 0 bridgehead atoms. The van der Waals surface area contributed by atoms with Crippen molar-refractivity contribution in [2.24, 2.45) is 11.8 Å². The maximum Gasteiger partial charge on any atom is 0.0459 e. The molecule has 0 amide bonds. The van der Waals surface area contributed by atoms with Crippen LogP contribution in [0.25, 0.3) is 0 Å². The molecule has 1 nitrogen and oxygen atoms in total. The molecule has 1 aliphatic carbocycles. The minimum Gasteiger partial charge on any atom is -0.396 e. The molecule has 1 N–H and O–H groups in total. The maximum absolute atomic E-state index is 8.89. The van der Waals surface area contributed by atoms with E-state index in [1.165, 1.54) is 25.7 Å². The Hall–Kier alpha value is -0.0400. The summed E-state index contributed by atoms with van der Waals surface area (Å²) in [5.41, 5.74) is 0. The Morgan fingerprint density at radius 3 is 2.90 bits per heavy atom. The normalized spacial score (nSPS) is 34.2. The molecule has 1 heteroatoms. The van der Waals surface area contributed by atoms with E-state index >= 15 is 0 Å². The molecular formula is C9H17O. The molecule has 1 fully saturated rings. The summed E-state index contributed by atoms with van der Waals surface area (Å²) in [4.78, 5) is 0. The first-order valence-corrected chi connectivity index (χ1v) is 4.27. The summed E-state index contributed by atoms with van der Waals surface area (Å²) in [6.07, 6.45) is 7.38. The first-order chi connectivity index (χ1) is 4.86. The van der Waals surface area contributed by atoms with E-state index in [-0.39, 0.29) is 0 Å². The van der Waals surface area contributed by atoms with Crippen molar-refractivity contribution < 1.29 is 5.11 Å². The lowest BCUT2D eigenvalue weighted by Gasteiger charge is -2.26. The summed E-state index contributed by atoms with van der Waals surface area (Å²) in [6, 6.07) is 0. The van der Waals surface area contributed by atoms with Gasteiger partial charge in [0.15, 0.2) is 0 Å². The average Bonchev–Trinajstić information content (AvgIpc) is 2.05. The van der Waals surface area contributed by atoms with E-state index in [1.54, 1.807) is 0 Å². The molecule has 0 spiro atoms. The van der Waals surface area contributed by atoms with Gasteiger partial charge in [0.25, 0.3) is 0 Å². The highest BCUT2D eigenvalue weighted by Crippen LogP contribution is 2.29. The van der Waals surface area contributed by atoms with Gasteiger partial charge >= 0.3 is 0 Å². The monoisotopic (exact) mass is 141 g/mol. The van der Waals surface area contributed by atoms with Crippen LogP contribution in [0.5, 0.6) is 0 Å². The van der Waals surface area contributed by atoms with Crippen molar-refractivity contribution in [1.29, 1.82) is 0 Å².